The topological polar surface area (TPSA) is 29.1 Å². The SMILES string of the molecule is O=C1NC[C@H](c2ccccc2)[C@@H]1Cc1cccc(Cl)c1. The van der Waals surface area contributed by atoms with Crippen molar-refractivity contribution in [3.05, 3.63) is 70.7 Å². The van der Waals surface area contributed by atoms with Crippen LogP contribution in [0.1, 0.15) is 17.0 Å². The second-order valence-corrected chi connectivity index (χ2v) is 5.64. The summed E-state index contributed by atoms with van der Waals surface area (Å²) in [4.78, 5) is 12.1. The van der Waals surface area contributed by atoms with Crippen LogP contribution in [0.2, 0.25) is 5.02 Å². The van der Waals surface area contributed by atoms with E-state index >= 15 is 0 Å². The molecule has 2 nitrogen and oxygen atoms in total. The van der Waals surface area contributed by atoms with E-state index in [1.54, 1.807) is 0 Å². The molecule has 0 bridgehead atoms. The number of nitrogens with one attached hydrogen (secondary N) is 1. The molecule has 2 aromatic carbocycles. The zero-order valence-electron chi connectivity index (χ0n) is 11.1. The minimum atomic E-state index is -0.0177. The summed E-state index contributed by atoms with van der Waals surface area (Å²) in [6.07, 6.45) is 0.728. The van der Waals surface area contributed by atoms with Crippen LogP contribution in [0.5, 0.6) is 0 Å². The van der Waals surface area contributed by atoms with Crippen LogP contribution in [0.4, 0.5) is 0 Å². The highest BCUT2D eigenvalue weighted by atomic mass is 35.5. The van der Waals surface area contributed by atoms with Crippen LogP contribution in [0.3, 0.4) is 0 Å². The predicted octanol–water partition coefficient (Wildman–Crippen LogP) is 3.41. The number of halogens is 1. The Labute approximate surface area is 123 Å². The highest BCUT2D eigenvalue weighted by molar-refractivity contribution is 6.30. The average Bonchev–Trinajstić information content (AvgIpc) is 2.81. The number of carbonyl (C=O) groups is 1. The van der Waals surface area contributed by atoms with Crippen molar-refractivity contribution in [2.24, 2.45) is 5.92 Å². The van der Waals surface area contributed by atoms with Gasteiger partial charge in [0.15, 0.2) is 0 Å². The third-order valence-electron chi connectivity index (χ3n) is 3.89. The van der Waals surface area contributed by atoms with Crippen molar-refractivity contribution in [3.63, 3.8) is 0 Å². The summed E-state index contributed by atoms with van der Waals surface area (Å²) in [5.74, 6) is 0.359. The van der Waals surface area contributed by atoms with Crippen LogP contribution < -0.4 is 5.32 Å². The summed E-state index contributed by atoms with van der Waals surface area (Å²) >= 11 is 6.02. The van der Waals surface area contributed by atoms with Crippen molar-refractivity contribution < 1.29 is 4.79 Å². The molecular formula is C17H16ClNO. The number of amides is 1. The number of carbonyl (C=O) groups excluding carboxylic acids is 1. The van der Waals surface area contributed by atoms with Gasteiger partial charge >= 0.3 is 0 Å². The maximum atomic E-state index is 12.1. The Balaban J connectivity index is 1.84. The van der Waals surface area contributed by atoms with Gasteiger partial charge in [-0.05, 0) is 29.7 Å². The van der Waals surface area contributed by atoms with Gasteiger partial charge in [-0.25, -0.2) is 0 Å². The fourth-order valence-corrected chi connectivity index (χ4v) is 3.08. The van der Waals surface area contributed by atoms with Gasteiger partial charge in [0, 0.05) is 17.5 Å². The van der Waals surface area contributed by atoms with Crippen molar-refractivity contribution in [2.45, 2.75) is 12.3 Å². The van der Waals surface area contributed by atoms with Crippen molar-refractivity contribution in [1.82, 2.24) is 5.32 Å². The van der Waals surface area contributed by atoms with Gasteiger partial charge in [0.1, 0.15) is 0 Å². The molecule has 0 spiro atoms. The molecule has 2 aromatic rings. The van der Waals surface area contributed by atoms with E-state index in [4.69, 9.17) is 11.6 Å². The molecule has 1 saturated heterocycles. The number of hydrogen-bond acceptors (Lipinski definition) is 1. The molecule has 3 rings (SSSR count). The van der Waals surface area contributed by atoms with Gasteiger partial charge in [0.05, 0.1) is 5.92 Å². The fourth-order valence-electron chi connectivity index (χ4n) is 2.87. The van der Waals surface area contributed by atoms with Crippen LogP contribution in [0.25, 0.3) is 0 Å². The standard InChI is InChI=1S/C17H16ClNO/c18-14-8-4-5-12(9-14)10-15-16(11-19-17(15)20)13-6-2-1-3-7-13/h1-9,15-16H,10-11H2,(H,19,20)/t15-,16+/m0/s1. The van der Waals surface area contributed by atoms with E-state index in [0.29, 0.717) is 6.54 Å². The molecule has 1 heterocycles. The van der Waals surface area contributed by atoms with E-state index < -0.39 is 0 Å². The van der Waals surface area contributed by atoms with Crippen LogP contribution in [0.15, 0.2) is 54.6 Å². The second kappa shape index (κ2) is 5.68. The minimum Gasteiger partial charge on any atom is -0.355 e. The molecule has 0 aromatic heterocycles. The number of benzene rings is 2. The first-order chi connectivity index (χ1) is 9.74. The summed E-state index contributed by atoms with van der Waals surface area (Å²) in [5, 5.41) is 3.70. The molecule has 1 aliphatic heterocycles. The highest BCUT2D eigenvalue weighted by Crippen LogP contribution is 2.31. The summed E-state index contributed by atoms with van der Waals surface area (Å²) in [6.45, 7) is 0.716. The molecule has 0 aliphatic carbocycles. The van der Waals surface area contributed by atoms with Gasteiger partial charge in [0.25, 0.3) is 0 Å². The van der Waals surface area contributed by atoms with Crippen LogP contribution in [-0.4, -0.2) is 12.5 Å². The molecule has 20 heavy (non-hydrogen) atoms. The Hall–Kier alpha value is -1.80. The summed E-state index contributed by atoms with van der Waals surface area (Å²) in [6, 6.07) is 18.0. The molecule has 3 heteroatoms. The zero-order valence-corrected chi connectivity index (χ0v) is 11.8. The fraction of sp³-hybridized carbons (Fsp3) is 0.235. The molecule has 1 aliphatic rings. The molecule has 0 unspecified atom stereocenters. The van der Waals surface area contributed by atoms with E-state index in [2.05, 4.69) is 17.4 Å². The maximum absolute atomic E-state index is 12.1. The predicted molar refractivity (Wildman–Crippen MR) is 80.8 cm³/mol. The van der Waals surface area contributed by atoms with Gasteiger partial charge in [-0.2, -0.15) is 0 Å². The summed E-state index contributed by atoms with van der Waals surface area (Å²) in [5.41, 5.74) is 2.33. The van der Waals surface area contributed by atoms with E-state index in [1.165, 1.54) is 5.56 Å². The van der Waals surface area contributed by atoms with E-state index in [-0.39, 0.29) is 17.7 Å². The molecule has 1 fully saturated rings. The quantitative estimate of drug-likeness (QED) is 0.920. The van der Waals surface area contributed by atoms with Gasteiger partial charge in [0.2, 0.25) is 5.91 Å². The molecule has 1 N–H and O–H groups in total. The monoisotopic (exact) mass is 285 g/mol. The lowest BCUT2D eigenvalue weighted by Crippen LogP contribution is -2.21. The molecule has 102 valence electrons. The van der Waals surface area contributed by atoms with Crippen LogP contribution in [0, 0.1) is 5.92 Å². The third-order valence-corrected chi connectivity index (χ3v) is 4.13. The lowest BCUT2D eigenvalue weighted by Gasteiger charge is -2.17. The Morgan fingerprint density at radius 3 is 2.65 bits per heavy atom. The van der Waals surface area contributed by atoms with Crippen LogP contribution >= 0.6 is 11.6 Å². The average molecular weight is 286 g/mol. The number of rotatable bonds is 3. The van der Waals surface area contributed by atoms with Gasteiger partial charge in [-0.3, -0.25) is 4.79 Å². The molecule has 0 radical (unpaired) electrons. The Morgan fingerprint density at radius 1 is 1.10 bits per heavy atom. The summed E-state index contributed by atoms with van der Waals surface area (Å²) < 4.78 is 0. The van der Waals surface area contributed by atoms with Crippen LogP contribution in [-0.2, 0) is 11.2 Å². The van der Waals surface area contributed by atoms with Gasteiger partial charge in [-0.15, -0.1) is 0 Å². The molecule has 1 amide bonds. The van der Waals surface area contributed by atoms with Crippen molar-refractivity contribution in [2.75, 3.05) is 6.54 Å². The maximum Gasteiger partial charge on any atom is 0.224 e. The first-order valence-corrected chi connectivity index (χ1v) is 7.19. The molecular weight excluding hydrogens is 270 g/mol. The second-order valence-electron chi connectivity index (χ2n) is 5.20. The first-order valence-electron chi connectivity index (χ1n) is 6.81. The lowest BCUT2D eigenvalue weighted by molar-refractivity contribution is -0.122. The Kier molecular flexibility index (Phi) is 3.75. The highest BCUT2D eigenvalue weighted by Gasteiger charge is 2.35. The smallest absolute Gasteiger partial charge is 0.224 e. The lowest BCUT2D eigenvalue weighted by atomic mass is 9.84. The normalized spacial score (nSPS) is 21.8. The van der Waals surface area contributed by atoms with Crippen molar-refractivity contribution >= 4 is 17.5 Å². The van der Waals surface area contributed by atoms with Gasteiger partial charge < -0.3 is 5.32 Å². The van der Waals surface area contributed by atoms with E-state index in [1.807, 2.05) is 42.5 Å². The Bertz CT molecular complexity index is 611. The zero-order chi connectivity index (χ0) is 13.9. The largest absolute Gasteiger partial charge is 0.355 e. The van der Waals surface area contributed by atoms with Gasteiger partial charge in [-0.1, -0.05) is 54.1 Å². The molecule has 0 saturated carbocycles. The third kappa shape index (κ3) is 2.70. The number of hydrogen-bond donors (Lipinski definition) is 1. The van der Waals surface area contributed by atoms with Crippen molar-refractivity contribution in [1.29, 1.82) is 0 Å². The molecule has 2 atom stereocenters. The minimum absolute atomic E-state index is 0.0177. The van der Waals surface area contributed by atoms with Crippen molar-refractivity contribution in [3.8, 4) is 0 Å². The first kappa shape index (κ1) is 13.2. The van der Waals surface area contributed by atoms with E-state index in [9.17, 15) is 4.79 Å². The Morgan fingerprint density at radius 2 is 1.90 bits per heavy atom. The summed E-state index contributed by atoms with van der Waals surface area (Å²) in [7, 11) is 0. The van der Waals surface area contributed by atoms with E-state index in [0.717, 1.165) is 17.0 Å².